The van der Waals surface area contributed by atoms with Crippen molar-refractivity contribution in [1.29, 1.82) is 0 Å². The van der Waals surface area contributed by atoms with Gasteiger partial charge in [-0.1, -0.05) is 41.9 Å². The van der Waals surface area contributed by atoms with Gasteiger partial charge in [0.25, 0.3) is 0 Å². The zero-order valence-corrected chi connectivity index (χ0v) is 10.4. The van der Waals surface area contributed by atoms with Crippen molar-refractivity contribution in [2.45, 2.75) is 6.29 Å². The van der Waals surface area contributed by atoms with Gasteiger partial charge >= 0.3 is 0 Å². The van der Waals surface area contributed by atoms with Crippen molar-refractivity contribution in [2.75, 3.05) is 5.32 Å². The summed E-state index contributed by atoms with van der Waals surface area (Å²) in [7, 11) is 0. The number of anilines is 1. The first-order valence-corrected chi connectivity index (χ1v) is 6.38. The van der Waals surface area contributed by atoms with Crippen molar-refractivity contribution in [1.82, 2.24) is 0 Å². The Balaban J connectivity index is 2.13. The second-order valence-electron chi connectivity index (χ2n) is 3.72. The zero-order chi connectivity index (χ0) is 11.8. The molecule has 3 nitrogen and oxygen atoms in total. The van der Waals surface area contributed by atoms with Crippen molar-refractivity contribution in [3.63, 3.8) is 0 Å². The van der Waals surface area contributed by atoms with Gasteiger partial charge in [0, 0.05) is 11.8 Å². The van der Waals surface area contributed by atoms with Gasteiger partial charge in [0.05, 0.1) is 9.90 Å². The third kappa shape index (κ3) is 1.84. The molecule has 0 radical (unpaired) electrons. The van der Waals surface area contributed by atoms with Crippen molar-refractivity contribution >= 4 is 34.2 Å². The molecule has 1 aliphatic heterocycles. The van der Waals surface area contributed by atoms with Crippen LogP contribution in [0.1, 0.15) is 5.56 Å². The highest BCUT2D eigenvalue weighted by Crippen LogP contribution is 2.43. The molecule has 1 unspecified atom stereocenters. The molecule has 0 amide bonds. The van der Waals surface area contributed by atoms with E-state index in [9.17, 15) is 0 Å². The standard InChI is InChI=1S/C12H10ClN3S/c13-9-8-6-15-12(14)16-11(8)17-10(9)7-4-2-1-3-5-7/h1-6,12,16H,14H2. The topological polar surface area (TPSA) is 50.4 Å². The van der Waals surface area contributed by atoms with Crippen LogP contribution in [-0.4, -0.2) is 12.5 Å². The molecule has 0 saturated heterocycles. The summed E-state index contributed by atoms with van der Waals surface area (Å²) in [6.07, 6.45) is 1.36. The number of halogens is 1. The van der Waals surface area contributed by atoms with Gasteiger partial charge in [-0.25, -0.2) is 0 Å². The average molecular weight is 264 g/mol. The number of hydrogen-bond donors (Lipinski definition) is 2. The number of benzene rings is 1. The van der Waals surface area contributed by atoms with Gasteiger partial charge in [-0.2, -0.15) is 0 Å². The van der Waals surface area contributed by atoms with Crippen LogP contribution in [0, 0.1) is 0 Å². The van der Waals surface area contributed by atoms with E-state index in [0.717, 1.165) is 26.0 Å². The zero-order valence-electron chi connectivity index (χ0n) is 8.85. The number of fused-ring (bicyclic) bond motifs is 1. The normalized spacial score (nSPS) is 17.6. The Bertz CT molecular complexity index is 577. The second-order valence-corrected chi connectivity index (χ2v) is 5.12. The van der Waals surface area contributed by atoms with Crippen LogP contribution < -0.4 is 11.1 Å². The molecule has 86 valence electrons. The van der Waals surface area contributed by atoms with E-state index in [0.29, 0.717) is 0 Å². The fourth-order valence-corrected chi connectivity index (χ4v) is 3.27. The van der Waals surface area contributed by atoms with Gasteiger partial charge in [-0.3, -0.25) is 10.7 Å². The minimum atomic E-state index is -0.374. The van der Waals surface area contributed by atoms with Gasteiger partial charge in [0.15, 0.2) is 6.29 Å². The summed E-state index contributed by atoms with van der Waals surface area (Å²) in [6.45, 7) is 0. The molecule has 5 heteroatoms. The smallest absolute Gasteiger partial charge is 0.171 e. The number of nitrogens with zero attached hydrogens (tertiary/aromatic N) is 1. The molecule has 0 saturated carbocycles. The predicted octanol–water partition coefficient (Wildman–Crippen LogP) is 3.16. The molecular formula is C12H10ClN3S. The highest BCUT2D eigenvalue weighted by atomic mass is 35.5. The van der Waals surface area contributed by atoms with Gasteiger partial charge in [-0.15, -0.1) is 11.3 Å². The maximum Gasteiger partial charge on any atom is 0.171 e. The predicted molar refractivity (Wildman–Crippen MR) is 74.0 cm³/mol. The number of nitrogens with two attached hydrogens (primary N) is 1. The molecule has 0 bridgehead atoms. The van der Waals surface area contributed by atoms with Crippen LogP contribution in [0.4, 0.5) is 5.00 Å². The molecule has 0 spiro atoms. The summed E-state index contributed by atoms with van der Waals surface area (Å²) in [4.78, 5) is 5.15. The van der Waals surface area contributed by atoms with Crippen LogP contribution in [0.15, 0.2) is 35.3 Å². The summed E-state index contributed by atoms with van der Waals surface area (Å²) >= 11 is 7.97. The molecule has 2 aromatic rings. The fourth-order valence-electron chi connectivity index (χ4n) is 1.75. The lowest BCUT2D eigenvalue weighted by Crippen LogP contribution is -2.29. The van der Waals surface area contributed by atoms with Crippen molar-refractivity contribution in [3.05, 3.63) is 40.9 Å². The quantitative estimate of drug-likeness (QED) is 0.830. The first kappa shape index (κ1) is 10.8. The molecule has 1 aromatic carbocycles. The lowest BCUT2D eigenvalue weighted by atomic mass is 10.1. The van der Waals surface area contributed by atoms with E-state index in [4.69, 9.17) is 17.3 Å². The molecule has 17 heavy (non-hydrogen) atoms. The first-order valence-electron chi connectivity index (χ1n) is 5.18. The van der Waals surface area contributed by atoms with Crippen LogP contribution in [0.2, 0.25) is 5.02 Å². The van der Waals surface area contributed by atoms with Crippen molar-refractivity contribution in [2.24, 2.45) is 10.7 Å². The highest BCUT2D eigenvalue weighted by Gasteiger charge is 2.20. The Kier molecular flexibility index (Phi) is 2.63. The molecule has 1 aromatic heterocycles. The van der Waals surface area contributed by atoms with Crippen LogP contribution in [-0.2, 0) is 0 Å². The summed E-state index contributed by atoms with van der Waals surface area (Å²) in [5.41, 5.74) is 7.74. The molecule has 1 atom stereocenters. The Hall–Kier alpha value is -1.36. The van der Waals surface area contributed by atoms with E-state index in [1.807, 2.05) is 30.3 Å². The lowest BCUT2D eigenvalue weighted by Gasteiger charge is -2.13. The summed E-state index contributed by atoms with van der Waals surface area (Å²) in [5.74, 6) is 0. The van der Waals surface area contributed by atoms with E-state index < -0.39 is 0 Å². The summed E-state index contributed by atoms with van der Waals surface area (Å²) in [5, 5.41) is 4.82. The Labute approximate surface area is 108 Å². The minimum absolute atomic E-state index is 0.374. The highest BCUT2D eigenvalue weighted by molar-refractivity contribution is 7.20. The SMILES string of the molecule is NC1N=Cc2c(sc(-c3ccccc3)c2Cl)N1. The van der Waals surface area contributed by atoms with Gasteiger partial charge in [-0.05, 0) is 5.56 Å². The van der Waals surface area contributed by atoms with Crippen molar-refractivity contribution in [3.8, 4) is 10.4 Å². The van der Waals surface area contributed by atoms with Gasteiger partial charge in [0.2, 0.25) is 0 Å². The summed E-state index contributed by atoms with van der Waals surface area (Å²) < 4.78 is 0. The number of aliphatic imine (C=N–C) groups is 1. The Morgan fingerprint density at radius 1 is 1.29 bits per heavy atom. The summed E-state index contributed by atoms with van der Waals surface area (Å²) in [6, 6.07) is 10.1. The average Bonchev–Trinajstić information content (AvgIpc) is 2.67. The molecule has 0 fully saturated rings. The van der Waals surface area contributed by atoms with Crippen molar-refractivity contribution < 1.29 is 0 Å². The van der Waals surface area contributed by atoms with Gasteiger partial charge < -0.3 is 5.32 Å². The first-order chi connectivity index (χ1) is 8.25. The maximum absolute atomic E-state index is 6.36. The van der Waals surface area contributed by atoms with E-state index in [1.165, 1.54) is 0 Å². The second kappa shape index (κ2) is 4.14. The fraction of sp³-hybridized carbons (Fsp3) is 0.0833. The molecular weight excluding hydrogens is 254 g/mol. The van der Waals surface area contributed by atoms with Crippen LogP contribution in [0.25, 0.3) is 10.4 Å². The Morgan fingerprint density at radius 2 is 2.06 bits per heavy atom. The number of nitrogens with one attached hydrogen (secondary N) is 1. The van der Waals surface area contributed by atoms with Gasteiger partial charge in [0.1, 0.15) is 5.00 Å². The molecule has 0 aliphatic carbocycles. The van der Waals surface area contributed by atoms with E-state index in [-0.39, 0.29) is 6.29 Å². The Morgan fingerprint density at radius 3 is 2.82 bits per heavy atom. The van der Waals surface area contributed by atoms with E-state index in [2.05, 4.69) is 10.3 Å². The van der Waals surface area contributed by atoms with Crippen LogP contribution >= 0.6 is 22.9 Å². The van der Waals surface area contributed by atoms with E-state index >= 15 is 0 Å². The lowest BCUT2D eigenvalue weighted by molar-refractivity contribution is 0.810. The van der Waals surface area contributed by atoms with E-state index in [1.54, 1.807) is 17.6 Å². The third-order valence-electron chi connectivity index (χ3n) is 2.56. The minimum Gasteiger partial charge on any atom is -0.343 e. The monoisotopic (exact) mass is 263 g/mol. The van der Waals surface area contributed by atoms with Crippen LogP contribution in [0.5, 0.6) is 0 Å². The molecule has 3 N–H and O–H groups in total. The number of rotatable bonds is 1. The molecule has 1 aliphatic rings. The van der Waals surface area contributed by atoms with Crippen LogP contribution in [0.3, 0.4) is 0 Å². The molecule has 2 heterocycles. The number of thiophene rings is 1. The largest absolute Gasteiger partial charge is 0.343 e. The molecule has 3 rings (SSSR count). The maximum atomic E-state index is 6.36. The number of hydrogen-bond acceptors (Lipinski definition) is 4. The third-order valence-corrected chi connectivity index (χ3v) is 4.25.